The van der Waals surface area contributed by atoms with Crippen LogP contribution in [0.2, 0.25) is 0 Å². The Morgan fingerprint density at radius 1 is 1.48 bits per heavy atom. The third-order valence-electron chi connectivity index (χ3n) is 2.74. The molecule has 0 amide bonds. The van der Waals surface area contributed by atoms with Crippen LogP contribution in [0.5, 0.6) is 0 Å². The lowest BCUT2D eigenvalue weighted by Gasteiger charge is -2.09. The minimum atomic E-state index is -3.89. The van der Waals surface area contributed by atoms with Crippen molar-refractivity contribution in [3.63, 3.8) is 0 Å². The van der Waals surface area contributed by atoms with Crippen LogP contribution in [0.4, 0.5) is 11.4 Å². The second-order valence-corrected chi connectivity index (χ2v) is 6.69. The van der Waals surface area contributed by atoms with Crippen LogP contribution in [0.3, 0.4) is 0 Å². The number of thiazole rings is 1. The monoisotopic (exact) mass is 328 g/mol. The summed E-state index contributed by atoms with van der Waals surface area (Å²) in [6, 6.07) is 2.24. The van der Waals surface area contributed by atoms with Gasteiger partial charge in [0.25, 0.3) is 5.69 Å². The van der Waals surface area contributed by atoms with Crippen molar-refractivity contribution >= 4 is 32.7 Å². The molecule has 0 aliphatic rings. The van der Waals surface area contributed by atoms with E-state index in [0.29, 0.717) is 11.3 Å². The summed E-state index contributed by atoms with van der Waals surface area (Å²) in [5.74, 6) is 0. The van der Waals surface area contributed by atoms with Crippen LogP contribution in [0.15, 0.2) is 27.9 Å². The van der Waals surface area contributed by atoms with E-state index in [1.165, 1.54) is 24.3 Å². The zero-order valence-electron chi connectivity index (χ0n) is 10.9. The molecule has 112 valence electrons. The van der Waals surface area contributed by atoms with Crippen molar-refractivity contribution in [3.8, 4) is 0 Å². The lowest BCUT2D eigenvalue weighted by atomic mass is 10.2. The van der Waals surface area contributed by atoms with Crippen molar-refractivity contribution in [2.45, 2.75) is 18.4 Å². The van der Waals surface area contributed by atoms with Gasteiger partial charge in [-0.15, -0.1) is 11.3 Å². The van der Waals surface area contributed by atoms with Crippen LogP contribution in [-0.2, 0) is 16.6 Å². The van der Waals surface area contributed by atoms with Gasteiger partial charge in [0.15, 0.2) is 0 Å². The molecule has 0 atom stereocenters. The Hall–Kier alpha value is -2.04. The maximum atomic E-state index is 12.2. The van der Waals surface area contributed by atoms with Crippen LogP contribution >= 0.6 is 11.3 Å². The molecular formula is C11H12N4O4S2. The fourth-order valence-corrected chi connectivity index (χ4v) is 3.52. The Morgan fingerprint density at radius 3 is 2.76 bits per heavy atom. The van der Waals surface area contributed by atoms with E-state index in [1.54, 1.807) is 10.9 Å². The molecule has 0 fully saturated rings. The second-order valence-electron chi connectivity index (χ2n) is 4.24. The summed E-state index contributed by atoms with van der Waals surface area (Å²) in [5.41, 5.74) is 7.51. The number of nitrogens with zero attached hydrogens (tertiary/aromatic N) is 2. The molecule has 0 bridgehead atoms. The van der Waals surface area contributed by atoms with Gasteiger partial charge < -0.3 is 5.73 Å². The molecule has 1 aromatic heterocycles. The van der Waals surface area contributed by atoms with E-state index < -0.39 is 20.6 Å². The predicted octanol–water partition coefficient (Wildman–Crippen LogP) is 1.42. The van der Waals surface area contributed by atoms with Gasteiger partial charge in [0.1, 0.15) is 5.69 Å². The largest absolute Gasteiger partial charge is 0.393 e. The number of nitrogens with one attached hydrogen (secondary N) is 1. The number of hydrogen-bond donors (Lipinski definition) is 2. The Morgan fingerprint density at radius 2 is 2.19 bits per heavy atom. The Labute approximate surface area is 124 Å². The van der Waals surface area contributed by atoms with Crippen molar-refractivity contribution in [1.29, 1.82) is 0 Å². The Bertz CT molecular complexity index is 772. The van der Waals surface area contributed by atoms with Crippen LogP contribution in [0, 0.1) is 17.0 Å². The van der Waals surface area contributed by atoms with Crippen LogP contribution < -0.4 is 10.5 Å². The van der Waals surface area contributed by atoms with Crippen molar-refractivity contribution in [2.75, 3.05) is 5.73 Å². The average molecular weight is 328 g/mol. The lowest BCUT2D eigenvalue weighted by Crippen LogP contribution is -2.24. The van der Waals surface area contributed by atoms with Crippen molar-refractivity contribution in [3.05, 3.63) is 44.4 Å². The first-order chi connectivity index (χ1) is 9.81. The standard InChI is InChI=1S/C11H12N4O4S2/c1-7-2-9(12)10(15(16)17)3-11(7)21(18,19)14-4-8-5-20-6-13-8/h2-3,5-6,14H,4,12H2,1H3. The highest BCUT2D eigenvalue weighted by molar-refractivity contribution is 7.89. The summed E-state index contributed by atoms with van der Waals surface area (Å²) >= 11 is 1.35. The van der Waals surface area contributed by atoms with Gasteiger partial charge in [-0.05, 0) is 18.6 Å². The number of aromatic nitrogens is 1. The summed E-state index contributed by atoms with van der Waals surface area (Å²) in [5, 5.41) is 12.6. The highest BCUT2D eigenvalue weighted by Gasteiger charge is 2.23. The summed E-state index contributed by atoms with van der Waals surface area (Å²) in [6.45, 7) is 1.54. The van der Waals surface area contributed by atoms with E-state index in [-0.39, 0.29) is 17.1 Å². The first-order valence-corrected chi connectivity index (χ1v) is 8.15. The predicted molar refractivity (Wildman–Crippen MR) is 78.4 cm³/mol. The number of hydrogen-bond acceptors (Lipinski definition) is 7. The van der Waals surface area contributed by atoms with Crippen LogP contribution in [0.1, 0.15) is 11.3 Å². The number of rotatable bonds is 5. The molecule has 2 rings (SSSR count). The average Bonchev–Trinajstić information content (AvgIpc) is 2.88. The van der Waals surface area contributed by atoms with Gasteiger partial charge in [-0.3, -0.25) is 10.1 Å². The molecule has 0 radical (unpaired) electrons. The summed E-state index contributed by atoms with van der Waals surface area (Å²) < 4.78 is 26.8. The third kappa shape index (κ3) is 3.35. The van der Waals surface area contributed by atoms with Gasteiger partial charge in [-0.25, -0.2) is 18.1 Å². The molecule has 21 heavy (non-hydrogen) atoms. The Balaban J connectivity index is 2.35. The summed E-state index contributed by atoms with van der Waals surface area (Å²) in [7, 11) is -3.89. The molecule has 3 N–H and O–H groups in total. The maximum Gasteiger partial charge on any atom is 0.293 e. The fourth-order valence-electron chi connectivity index (χ4n) is 1.72. The molecule has 0 unspecified atom stereocenters. The van der Waals surface area contributed by atoms with Gasteiger partial charge in [0.2, 0.25) is 10.0 Å². The van der Waals surface area contributed by atoms with Gasteiger partial charge in [0, 0.05) is 11.4 Å². The minimum absolute atomic E-state index is 0.0173. The normalized spacial score (nSPS) is 11.5. The molecule has 0 saturated carbocycles. The minimum Gasteiger partial charge on any atom is -0.393 e. The molecular weight excluding hydrogens is 316 g/mol. The molecule has 0 aliphatic carbocycles. The topological polar surface area (TPSA) is 128 Å². The van der Waals surface area contributed by atoms with E-state index in [0.717, 1.165) is 6.07 Å². The molecule has 8 nitrogen and oxygen atoms in total. The smallest absolute Gasteiger partial charge is 0.293 e. The van der Waals surface area contributed by atoms with Gasteiger partial charge >= 0.3 is 0 Å². The number of nitro groups is 1. The molecule has 1 heterocycles. The van der Waals surface area contributed by atoms with Gasteiger partial charge in [-0.1, -0.05) is 0 Å². The second kappa shape index (κ2) is 5.76. The summed E-state index contributed by atoms with van der Waals surface area (Å²) in [4.78, 5) is 13.9. The van der Waals surface area contributed by atoms with E-state index in [4.69, 9.17) is 5.73 Å². The van der Waals surface area contributed by atoms with Crippen molar-refractivity contribution in [2.24, 2.45) is 0 Å². The fraction of sp³-hybridized carbons (Fsp3) is 0.182. The zero-order chi connectivity index (χ0) is 15.6. The molecule has 0 saturated heterocycles. The van der Waals surface area contributed by atoms with Crippen molar-refractivity contribution < 1.29 is 13.3 Å². The number of sulfonamides is 1. The van der Waals surface area contributed by atoms with Crippen molar-refractivity contribution in [1.82, 2.24) is 9.71 Å². The number of nitrogen functional groups attached to an aromatic ring is 1. The first kappa shape index (κ1) is 15.4. The highest BCUT2D eigenvalue weighted by Crippen LogP contribution is 2.28. The number of nitro benzene ring substituents is 1. The highest BCUT2D eigenvalue weighted by atomic mass is 32.2. The van der Waals surface area contributed by atoms with E-state index in [2.05, 4.69) is 9.71 Å². The zero-order valence-corrected chi connectivity index (χ0v) is 12.6. The van der Waals surface area contributed by atoms with Crippen LogP contribution in [0.25, 0.3) is 0 Å². The van der Waals surface area contributed by atoms with Gasteiger partial charge in [0.05, 0.1) is 27.6 Å². The molecule has 0 spiro atoms. The SMILES string of the molecule is Cc1cc(N)c([N+](=O)[O-])cc1S(=O)(=O)NCc1cscn1. The first-order valence-electron chi connectivity index (χ1n) is 5.72. The molecule has 10 heteroatoms. The van der Waals surface area contributed by atoms with Gasteiger partial charge in [-0.2, -0.15) is 0 Å². The maximum absolute atomic E-state index is 12.2. The van der Waals surface area contributed by atoms with Crippen LogP contribution in [-0.4, -0.2) is 18.3 Å². The van der Waals surface area contributed by atoms with E-state index in [1.807, 2.05) is 0 Å². The number of anilines is 1. The molecule has 1 aromatic carbocycles. The Kier molecular flexibility index (Phi) is 4.21. The third-order valence-corrected chi connectivity index (χ3v) is 4.92. The number of benzene rings is 1. The number of aryl methyl sites for hydroxylation is 1. The summed E-state index contributed by atoms with van der Waals surface area (Å²) in [6.07, 6.45) is 0. The quantitative estimate of drug-likeness (QED) is 0.485. The van der Waals surface area contributed by atoms with E-state index in [9.17, 15) is 18.5 Å². The lowest BCUT2D eigenvalue weighted by molar-refractivity contribution is -0.384. The van der Waals surface area contributed by atoms with E-state index >= 15 is 0 Å². The molecule has 2 aromatic rings. The molecule has 0 aliphatic heterocycles. The number of nitrogens with two attached hydrogens (primary N) is 1.